The monoisotopic (exact) mass is 502 g/mol. The van der Waals surface area contributed by atoms with Gasteiger partial charge < -0.3 is 15.7 Å². The van der Waals surface area contributed by atoms with E-state index >= 15 is 0 Å². The Labute approximate surface area is 212 Å². The van der Waals surface area contributed by atoms with Crippen LogP contribution in [0, 0.1) is 0 Å². The van der Waals surface area contributed by atoms with Crippen molar-refractivity contribution in [2.45, 2.75) is 25.2 Å². The molecule has 0 spiro atoms. The summed E-state index contributed by atoms with van der Waals surface area (Å²) in [5.74, 6) is -0.712. The van der Waals surface area contributed by atoms with Crippen molar-refractivity contribution < 1.29 is 14.7 Å². The average Bonchev–Trinajstić information content (AvgIpc) is 3.62. The number of pyridine rings is 1. The summed E-state index contributed by atoms with van der Waals surface area (Å²) in [5.41, 5.74) is 5.11. The second-order valence-electron chi connectivity index (χ2n) is 9.14. The molecule has 1 atom stereocenters. The van der Waals surface area contributed by atoms with E-state index in [0.717, 1.165) is 35.4 Å². The molecule has 10 heteroatoms. The van der Waals surface area contributed by atoms with Crippen molar-refractivity contribution in [1.82, 2.24) is 25.1 Å². The lowest BCUT2D eigenvalue weighted by Crippen LogP contribution is -2.33. The molecule has 2 amide bonds. The Balaban J connectivity index is 1.20. The highest BCUT2D eigenvalue weighted by Gasteiger charge is 2.34. The first kappa shape index (κ1) is 23.8. The molecule has 0 fully saturated rings. The highest BCUT2D eigenvalue weighted by atomic mass is 32.1. The van der Waals surface area contributed by atoms with E-state index in [1.54, 1.807) is 10.7 Å². The summed E-state index contributed by atoms with van der Waals surface area (Å²) < 4.78 is 1.72. The van der Waals surface area contributed by atoms with Crippen LogP contribution in [0.5, 0.6) is 0 Å². The fourth-order valence-electron chi connectivity index (χ4n) is 4.35. The third kappa shape index (κ3) is 4.77. The summed E-state index contributed by atoms with van der Waals surface area (Å²) in [6.45, 7) is 1.85. The van der Waals surface area contributed by atoms with E-state index in [2.05, 4.69) is 25.7 Å². The molecule has 0 saturated carbocycles. The van der Waals surface area contributed by atoms with Crippen molar-refractivity contribution in [2.75, 3.05) is 18.5 Å². The molecule has 9 nitrogen and oxygen atoms in total. The van der Waals surface area contributed by atoms with E-state index in [1.165, 1.54) is 11.3 Å². The Bertz CT molecular complexity index is 1440. The Morgan fingerprint density at radius 2 is 1.92 bits per heavy atom. The van der Waals surface area contributed by atoms with Gasteiger partial charge in [0.25, 0.3) is 5.91 Å². The summed E-state index contributed by atoms with van der Waals surface area (Å²) >= 11 is 1.29. The van der Waals surface area contributed by atoms with E-state index in [0.29, 0.717) is 22.1 Å². The fraction of sp³-hybridized carbons (Fsp3) is 0.269. The Hall–Kier alpha value is -3.89. The van der Waals surface area contributed by atoms with E-state index in [4.69, 9.17) is 0 Å². The molecule has 3 heterocycles. The Kier molecular flexibility index (Phi) is 6.38. The highest BCUT2D eigenvalue weighted by molar-refractivity contribution is 7.14. The summed E-state index contributed by atoms with van der Waals surface area (Å²) in [4.78, 5) is 34.2. The number of anilines is 1. The van der Waals surface area contributed by atoms with E-state index in [1.807, 2.05) is 61.9 Å². The fourth-order valence-corrected chi connectivity index (χ4v) is 5.07. The predicted octanol–water partition coefficient (Wildman–Crippen LogP) is 3.17. The number of nitrogens with zero attached hydrogens (tertiary/aromatic N) is 4. The van der Waals surface area contributed by atoms with E-state index < -0.39 is 0 Å². The van der Waals surface area contributed by atoms with Crippen LogP contribution in [0.2, 0.25) is 0 Å². The zero-order valence-corrected chi connectivity index (χ0v) is 20.8. The van der Waals surface area contributed by atoms with Crippen molar-refractivity contribution >= 4 is 28.3 Å². The van der Waals surface area contributed by atoms with Gasteiger partial charge in [-0.25, -0.2) is 9.97 Å². The average molecular weight is 503 g/mol. The van der Waals surface area contributed by atoms with Gasteiger partial charge in [-0.1, -0.05) is 19.1 Å². The molecule has 3 N–H and O–H groups in total. The summed E-state index contributed by atoms with van der Waals surface area (Å²) in [6.07, 6.45) is 3.59. The van der Waals surface area contributed by atoms with Crippen molar-refractivity contribution in [1.29, 1.82) is 0 Å². The van der Waals surface area contributed by atoms with Gasteiger partial charge >= 0.3 is 0 Å². The number of carbonyl (C=O) groups is 2. The topological polar surface area (TPSA) is 122 Å². The first-order valence-corrected chi connectivity index (χ1v) is 12.5. The first-order valence-electron chi connectivity index (χ1n) is 11.6. The predicted molar refractivity (Wildman–Crippen MR) is 138 cm³/mol. The van der Waals surface area contributed by atoms with Gasteiger partial charge in [0.15, 0.2) is 5.13 Å². The maximum absolute atomic E-state index is 12.7. The molecule has 1 aliphatic carbocycles. The van der Waals surface area contributed by atoms with Gasteiger partial charge in [0.1, 0.15) is 11.4 Å². The van der Waals surface area contributed by atoms with Crippen LogP contribution >= 0.6 is 11.3 Å². The SMILES string of the molecule is Cn1ccc(-c2cccc(-c3csc(NC(=O)CNC(=O)c4ccc5c(c4)[C@](C)(CO)CC5)n3)n2)n1. The normalized spacial score (nSPS) is 16.5. The van der Waals surface area contributed by atoms with Crippen molar-refractivity contribution in [2.24, 2.45) is 7.05 Å². The molecule has 36 heavy (non-hydrogen) atoms. The molecular formula is C26H26N6O3S. The zero-order chi connectivity index (χ0) is 25.3. The van der Waals surface area contributed by atoms with Crippen LogP contribution < -0.4 is 10.6 Å². The molecule has 0 aliphatic heterocycles. The molecule has 0 saturated heterocycles. The van der Waals surface area contributed by atoms with Gasteiger partial charge in [-0.15, -0.1) is 11.3 Å². The molecule has 4 aromatic rings. The zero-order valence-electron chi connectivity index (χ0n) is 20.0. The number of hydrogen-bond donors (Lipinski definition) is 3. The number of fused-ring (bicyclic) bond motifs is 1. The molecule has 0 unspecified atom stereocenters. The third-order valence-electron chi connectivity index (χ3n) is 6.46. The quantitative estimate of drug-likeness (QED) is 0.357. The largest absolute Gasteiger partial charge is 0.395 e. The second-order valence-corrected chi connectivity index (χ2v) is 10.0. The standard InChI is InChI=1S/C26H26N6O3S/c1-26(15-33)10-8-16-6-7-17(12-18(16)26)24(35)27-13-23(34)30-25-29-22(14-36-25)20-5-3-4-19(28-20)21-9-11-32(2)31-21/h3-7,9,11-12,14,33H,8,10,13,15H2,1-2H3,(H,27,35)(H,29,30,34)/t26-/m0/s1. The van der Waals surface area contributed by atoms with Gasteiger partial charge in [-0.05, 0) is 54.3 Å². The molecule has 5 rings (SSSR count). The number of carbonyl (C=O) groups excluding carboxylic acids is 2. The number of hydrogen-bond acceptors (Lipinski definition) is 7. The number of aliphatic hydroxyl groups is 1. The number of thiazole rings is 1. The lowest BCUT2D eigenvalue weighted by atomic mass is 9.84. The van der Waals surface area contributed by atoms with Gasteiger partial charge in [-0.2, -0.15) is 5.10 Å². The van der Waals surface area contributed by atoms with Crippen LogP contribution in [0.1, 0.15) is 34.8 Å². The van der Waals surface area contributed by atoms with Crippen molar-refractivity contribution in [3.8, 4) is 22.8 Å². The lowest BCUT2D eigenvalue weighted by molar-refractivity contribution is -0.115. The molecule has 3 aromatic heterocycles. The molecule has 1 aliphatic rings. The second kappa shape index (κ2) is 9.63. The smallest absolute Gasteiger partial charge is 0.251 e. The van der Waals surface area contributed by atoms with Crippen LogP contribution in [0.4, 0.5) is 5.13 Å². The van der Waals surface area contributed by atoms with E-state index in [-0.39, 0.29) is 30.4 Å². The van der Waals surface area contributed by atoms with Crippen LogP contribution in [0.15, 0.2) is 54.0 Å². The van der Waals surface area contributed by atoms with Crippen molar-refractivity contribution in [3.05, 3.63) is 70.7 Å². The van der Waals surface area contributed by atoms with Crippen molar-refractivity contribution in [3.63, 3.8) is 0 Å². The van der Waals surface area contributed by atoms with Gasteiger partial charge in [-0.3, -0.25) is 14.3 Å². The minimum absolute atomic E-state index is 0.0340. The number of nitrogens with one attached hydrogen (secondary N) is 2. The number of aliphatic hydroxyl groups excluding tert-OH is 1. The van der Waals surface area contributed by atoms with Crippen LogP contribution in [-0.2, 0) is 23.7 Å². The molecule has 184 valence electrons. The third-order valence-corrected chi connectivity index (χ3v) is 7.22. The number of amides is 2. The Morgan fingerprint density at radius 1 is 1.11 bits per heavy atom. The van der Waals surface area contributed by atoms with Crippen LogP contribution in [0.25, 0.3) is 22.8 Å². The minimum Gasteiger partial charge on any atom is -0.395 e. The maximum Gasteiger partial charge on any atom is 0.251 e. The summed E-state index contributed by atoms with van der Waals surface area (Å²) in [6, 6.07) is 13.0. The van der Waals surface area contributed by atoms with Crippen LogP contribution in [0.3, 0.4) is 0 Å². The highest BCUT2D eigenvalue weighted by Crippen LogP contribution is 2.38. The van der Waals surface area contributed by atoms with Crippen LogP contribution in [-0.4, -0.2) is 49.8 Å². The molecule has 1 aromatic carbocycles. The first-order chi connectivity index (χ1) is 17.3. The molecule has 0 radical (unpaired) electrons. The van der Waals surface area contributed by atoms with Gasteiger partial charge in [0.05, 0.1) is 24.5 Å². The number of rotatable bonds is 7. The lowest BCUT2D eigenvalue weighted by Gasteiger charge is -2.22. The van der Waals surface area contributed by atoms with Gasteiger partial charge in [0, 0.05) is 29.6 Å². The number of aromatic nitrogens is 4. The maximum atomic E-state index is 12.7. The van der Waals surface area contributed by atoms with E-state index in [9.17, 15) is 14.7 Å². The molecular weight excluding hydrogens is 476 g/mol. The summed E-state index contributed by atoms with van der Waals surface area (Å²) in [5, 5.41) is 21.8. The van der Waals surface area contributed by atoms with Gasteiger partial charge in [0.2, 0.25) is 5.91 Å². The minimum atomic E-state index is -0.374. The number of benzene rings is 1. The summed E-state index contributed by atoms with van der Waals surface area (Å²) in [7, 11) is 1.85. The Morgan fingerprint density at radius 3 is 2.67 bits per heavy atom. The molecule has 0 bridgehead atoms. The number of aryl methyl sites for hydroxylation is 2.